The summed E-state index contributed by atoms with van der Waals surface area (Å²) in [5.41, 5.74) is 0. The number of hydrogen-bond donors (Lipinski definition) is 2. The van der Waals surface area contributed by atoms with Crippen LogP contribution in [0.15, 0.2) is 0 Å². The van der Waals surface area contributed by atoms with Crippen LogP contribution in [0, 0.1) is 0 Å². The monoisotopic (exact) mass is 222 g/mol. The second-order valence-electron chi connectivity index (χ2n) is 2.83. The van der Waals surface area contributed by atoms with E-state index in [1.165, 1.54) is 6.42 Å². The Morgan fingerprint density at radius 1 is 1.00 bits per heavy atom. The maximum atomic E-state index is 10.8. The van der Waals surface area contributed by atoms with Gasteiger partial charge in [0.15, 0.2) is 0 Å². The summed E-state index contributed by atoms with van der Waals surface area (Å²) in [5.74, 6) is 1.38. The summed E-state index contributed by atoms with van der Waals surface area (Å²) in [7, 11) is 0. The van der Waals surface area contributed by atoms with Gasteiger partial charge >= 0.3 is 5.97 Å². The van der Waals surface area contributed by atoms with Crippen LogP contribution in [0.2, 0.25) is 0 Å². The van der Waals surface area contributed by atoms with E-state index >= 15 is 0 Å². The molecule has 0 aliphatic rings. The summed E-state index contributed by atoms with van der Waals surface area (Å²) in [6, 6.07) is 0. The van der Waals surface area contributed by atoms with Crippen molar-refractivity contribution in [2.45, 2.75) is 32.1 Å². The van der Waals surface area contributed by atoms with E-state index in [4.69, 9.17) is 4.74 Å². The molecule has 0 aliphatic carbocycles. The van der Waals surface area contributed by atoms with E-state index in [2.05, 4.69) is 25.3 Å². The minimum atomic E-state index is -0.135. The number of carbonyl (C=O) groups is 1. The van der Waals surface area contributed by atoms with E-state index in [9.17, 15) is 4.79 Å². The first-order valence-electron chi connectivity index (χ1n) is 4.68. The van der Waals surface area contributed by atoms with Crippen LogP contribution in [0.5, 0.6) is 0 Å². The Hall–Kier alpha value is 0.170. The predicted octanol–water partition coefficient (Wildman–Crippen LogP) is 2.34. The molecular formula is C9H18O2S2. The fourth-order valence-electron chi connectivity index (χ4n) is 0.917. The van der Waals surface area contributed by atoms with Crippen molar-refractivity contribution in [2.24, 2.45) is 0 Å². The van der Waals surface area contributed by atoms with Crippen LogP contribution in [0.4, 0.5) is 0 Å². The van der Waals surface area contributed by atoms with Gasteiger partial charge in [0.25, 0.3) is 0 Å². The zero-order valence-electron chi connectivity index (χ0n) is 7.87. The molecule has 0 rings (SSSR count). The van der Waals surface area contributed by atoms with E-state index in [-0.39, 0.29) is 5.97 Å². The van der Waals surface area contributed by atoms with Crippen molar-refractivity contribution < 1.29 is 9.53 Å². The van der Waals surface area contributed by atoms with Crippen molar-refractivity contribution in [1.82, 2.24) is 0 Å². The largest absolute Gasteiger partial charge is 0.466 e. The van der Waals surface area contributed by atoms with Gasteiger partial charge in [-0.1, -0.05) is 12.8 Å². The average molecular weight is 222 g/mol. The smallest absolute Gasteiger partial charge is 0.306 e. The Morgan fingerprint density at radius 2 is 1.69 bits per heavy atom. The molecule has 78 valence electrons. The van der Waals surface area contributed by atoms with Crippen LogP contribution < -0.4 is 0 Å². The third-order valence-electron chi connectivity index (χ3n) is 1.63. The molecule has 4 heteroatoms. The Kier molecular flexibility index (Phi) is 10.4. The van der Waals surface area contributed by atoms with Crippen molar-refractivity contribution in [3.8, 4) is 0 Å². The highest BCUT2D eigenvalue weighted by atomic mass is 32.1. The van der Waals surface area contributed by atoms with Crippen LogP contribution in [0.3, 0.4) is 0 Å². The second kappa shape index (κ2) is 10.3. The zero-order valence-corrected chi connectivity index (χ0v) is 9.66. The van der Waals surface area contributed by atoms with Gasteiger partial charge in [0.2, 0.25) is 0 Å². The molecule has 0 aromatic rings. The normalized spacial score (nSPS) is 10.0. The summed E-state index contributed by atoms with van der Waals surface area (Å²) in [6.07, 6.45) is 4.82. The fourth-order valence-corrected chi connectivity index (χ4v) is 1.32. The topological polar surface area (TPSA) is 26.3 Å². The summed E-state index contributed by atoms with van der Waals surface area (Å²) in [5, 5.41) is 0. The molecular weight excluding hydrogens is 204 g/mol. The number of rotatable bonds is 8. The molecule has 0 saturated carbocycles. The third kappa shape index (κ3) is 10.1. The number of hydrogen-bond acceptors (Lipinski definition) is 4. The number of carbonyl (C=O) groups excluding carboxylic acids is 1. The van der Waals surface area contributed by atoms with Crippen LogP contribution >= 0.6 is 25.3 Å². The van der Waals surface area contributed by atoms with E-state index < -0.39 is 0 Å². The van der Waals surface area contributed by atoms with Gasteiger partial charge in [-0.25, -0.2) is 0 Å². The van der Waals surface area contributed by atoms with E-state index in [1.807, 2.05) is 0 Å². The van der Waals surface area contributed by atoms with E-state index in [1.54, 1.807) is 0 Å². The standard InChI is InChI=1S/C9H18O2S2/c10-9(5-8-13)11-6-3-1-2-4-7-12/h12-13H,1-8H2. The molecule has 13 heavy (non-hydrogen) atoms. The molecule has 2 nitrogen and oxygen atoms in total. The molecule has 0 atom stereocenters. The third-order valence-corrected chi connectivity index (χ3v) is 2.17. The highest BCUT2D eigenvalue weighted by molar-refractivity contribution is 7.80. The molecule has 0 aromatic heterocycles. The van der Waals surface area contributed by atoms with Crippen LogP contribution in [0.25, 0.3) is 0 Å². The molecule has 0 saturated heterocycles. The summed E-state index contributed by atoms with van der Waals surface area (Å²) >= 11 is 8.05. The van der Waals surface area contributed by atoms with E-state index in [0.717, 1.165) is 25.0 Å². The van der Waals surface area contributed by atoms with Gasteiger partial charge < -0.3 is 4.74 Å². The predicted molar refractivity (Wildman–Crippen MR) is 61.8 cm³/mol. The van der Waals surface area contributed by atoms with Crippen LogP contribution in [0.1, 0.15) is 32.1 Å². The molecule has 0 aromatic carbocycles. The lowest BCUT2D eigenvalue weighted by Gasteiger charge is -2.02. The minimum Gasteiger partial charge on any atom is -0.466 e. The molecule has 0 fully saturated rings. The number of unbranched alkanes of at least 4 members (excludes halogenated alkanes) is 3. The lowest BCUT2D eigenvalue weighted by atomic mass is 10.2. The molecule has 0 bridgehead atoms. The average Bonchev–Trinajstić information content (AvgIpc) is 2.11. The fraction of sp³-hybridized carbons (Fsp3) is 0.889. The maximum Gasteiger partial charge on any atom is 0.306 e. The SMILES string of the molecule is O=C(CCS)OCCCCCCS. The molecule has 0 spiro atoms. The highest BCUT2D eigenvalue weighted by Crippen LogP contribution is 2.01. The van der Waals surface area contributed by atoms with Gasteiger partial charge in [-0.3, -0.25) is 4.79 Å². The van der Waals surface area contributed by atoms with Crippen molar-refractivity contribution in [3.63, 3.8) is 0 Å². The molecule has 0 heterocycles. The lowest BCUT2D eigenvalue weighted by Crippen LogP contribution is -2.06. The lowest BCUT2D eigenvalue weighted by molar-refractivity contribution is -0.143. The molecule has 0 amide bonds. The summed E-state index contributed by atoms with van der Waals surface area (Å²) in [6.45, 7) is 0.555. The van der Waals surface area contributed by atoms with Gasteiger partial charge in [0.05, 0.1) is 13.0 Å². The Balaban J connectivity index is 3.02. The summed E-state index contributed by atoms with van der Waals surface area (Å²) < 4.78 is 4.96. The van der Waals surface area contributed by atoms with Crippen LogP contribution in [-0.4, -0.2) is 24.1 Å². The van der Waals surface area contributed by atoms with Crippen molar-refractivity contribution in [1.29, 1.82) is 0 Å². The van der Waals surface area contributed by atoms with Crippen molar-refractivity contribution in [2.75, 3.05) is 18.1 Å². The van der Waals surface area contributed by atoms with Gasteiger partial charge in [0.1, 0.15) is 0 Å². The number of thiol groups is 2. The van der Waals surface area contributed by atoms with Crippen molar-refractivity contribution >= 4 is 31.2 Å². The van der Waals surface area contributed by atoms with Gasteiger partial charge in [-0.05, 0) is 18.6 Å². The van der Waals surface area contributed by atoms with Gasteiger partial charge in [-0.2, -0.15) is 25.3 Å². The molecule has 0 N–H and O–H groups in total. The van der Waals surface area contributed by atoms with Gasteiger partial charge in [-0.15, -0.1) is 0 Å². The second-order valence-corrected chi connectivity index (χ2v) is 3.73. The van der Waals surface area contributed by atoms with Gasteiger partial charge in [0, 0.05) is 5.75 Å². The van der Waals surface area contributed by atoms with Crippen LogP contribution in [-0.2, 0) is 9.53 Å². The number of ether oxygens (including phenoxy) is 1. The summed E-state index contributed by atoms with van der Waals surface area (Å²) in [4.78, 5) is 10.8. The zero-order chi connectivity index (χ0) is 9.94. The molecule has 0 aliphatic heterocycles. The highest BCUT2D eigenvalue weighted by Gasteiger charge is 1.99. The quantitative estimate of drug-likeness (QED) is 0.374. The number of esters is 1. The molecule has 0 radical (unpaired) electrons. The minimum absolute atomic E-state index is 0.135. The first-order valence-corrected chi connectivity index (χ1v) is 5.95. The maximum absolute atomic E-state index is 10.8. The Bertz CT molecular complexity index is 129. The van der Waals surface area contributed by atoms with E-state index in [0.29, 0.717) is 18.8 Å². The Morgan fingerprint density at radius 3 is 2.31 bits per heavy atom. The first kappa shape index (κ1) is 13.2. The molecule has 0 unspecified atom stereocenters. The first-order chi connectivity index (χ1) is 6.31. The van der Waals surface area contributed by atoms with Crippen molar-refractivity contribution in [3.05, 3.63) is 0 Å². The Labute approximate surface area is 91.2 Å².